The van der Waals surface area contributed by atoms with Crippen LogP contribution in [0, 0.1) is 5.92 Å². The molecule has 0 saturated heterocycles. The summed E-state index contributed by atoms with van der Waals surface area (Å²) in [6.45, 7) is 10.4. The Hall–Kier alpha value is -0.570. The highest BCUT2D eigenvalue weighted by molar-refractivity contribution is 5.66. The van der Waals surface area contributed by atoms with Gasteiger partial charge in [-0.25, -0.2) is 0 Å². The van der Waals surface area contributed by atoms with Crippen LogP contribution < -0.4 is 5.73 Å². The Balaban J connectivity index is 0. The van der Waals surface area contributed by atoms with Crippen molar-refractivity contribution < 1.29 is 9.90 Å². The highest BCUT2D eigenvalue weighted by atomic mass is 16.4. The number of hydrogen-bond acceptors (Lipinski definition) is 2. The van der Waals surface area contributed by atoms with Crippen LogP contribution in [0.1, 0.15) is 60.3 Å². The molecule has 0 aromatic heterocycles. The van der Waals surface area contributed by atoms with Crippen molar-refractivity contribution in [1.82, 2.24) is 0 Å². The van der Waals surface area contributed by atoms with Crippen LogP contribution >= 0.6 is 0 Å². The molecule has 0 aliphatic rings. The molecule has 0 rings (SSSR count). The summed E-state index contributed by atoms with van der Waals surface area (Å²) in [4.78, 5) is 9.60. The number of carboxylic acids is 1. The van der Waals surface area contributed by atoms with Crippen LogP contribution in [0.4, 0.5) is 0 Å². The van der Waals surface area contributed by atoms with Gasteiger partial charge < -0.3 is 10.8 Å². The molecule has 3 N–H and O–H groups in total. The van der Waals surface area contributed by atoms with Crippen molar-refractivity contribution in [2.75, 3.05) is 0 Å². The first-order valence-corrected chi connectivity index (χ1v) is 5.76. The van der Waals surface area contributed by atoms with E-state index in [1.54, 1.807) is 0 Å². The van der Waals surface area contributed by atoms with Crippen LogP contribution in [0.5, 0.6) is 0 Å². The monoisotopic (exact) mass is 217 g/mol. The lowest BCUT2D eigenvalue weighted by atomic mass is 9.87. The van der Waals surface area contributed by atoms with Crippen molar-refractivity contribution >= 4 is 5.97 Å². The predicted octanol–water partition coefficient (Wildman–Crippen LogP) is 3.03. The maximum atomic E-state index is 9.60. The summed E-state index contributed by atoms with van der Waals surface area (Å²) in [5, 5.41) is 7.91. The number of carboxylic acid groups (broad SMARTS) is 1. The minimum atomic E-state index is -0.711. The molecule has 0 aliphatic heterocycles. The van der Waals surface area contributed by atoms with E-state index < -0.39 is 5.97 Å². The molecule has 0 fully saturated rings. The van der Waals surface area contributed by atoms with E-state index >= 15 is 0 Å². The molecule has 0 aromatic carbocycles. The van der Waals surface area contributed by atoms with Gasteiger partial charge in [-0.05, 0) is 32.6 Å². The smallest absolute Gasteiger partial charge is 0.303 e. The molecule has 1 unspecified atom stereocenters. The van der Waals surface area contributed by atoms with Gasteiger partial charge in [-0.15, -0.1) is 0 Å². The molecule has 92 valence electrons. The number of aliphatic carboxylic acids is 1. The van der Waals surface area contributed by atoms with E-state index in [9.17, 15) is 4.79 Å². The quantitative estimate of drug-likeness (QED) is 0.744. The third-order valence-electron chi connectivity index (χ3n) is 2.46. The average Bonchev–Trinajstić information content (AvgIpc) is 2.03. The molecule has 3 nitrogen and oxygen atoms in total. The molecule has 0 heterocycles. The Labute approximate surface area is 94.1 Å². The van der Waals surface area contributed by atoms with Crippen molar-refractivity contribution in [1.29, 1.82) is 0 Å². The van der Waals surface area contributed by atoms with Crippen LogP contribution in [0.3, 0.4) is 0 Å². The van der Waals surface area contributed by atoms with E-state index in [1.807, 2.05) is 6.92 Å². The second-order valence-electron chi connectivity index (χ2n) is 4.65. The van der Waals surface area contributed by atoms with Gasteiger partial charge in [0.25, 0.3) is 0 Å². The summed E-state index contributed by atoms with van der Waals surface area (Å²) in [7, 11) is 0. The second-order valence-corrected chi connectivity index (χ2v) is 4.65. The van der Waals surface area contributed by atoms with Gasteiger partial charge in [0.15, 0.2) is 0 Å². The van der Waals surface area contributed by atoms with Crippen molar-refractivity contribution in [3.05, 3.63) is 0 Å². The highest BCUT2D eigenvalue weighted by Crippen LogP contribution is 2.17. The second kappa shape index (κ2) is 8.72. The van der Waals surface area contributed by atoms with Crippen LogP contribution in [0.15, 0.2) is 0 Å². The zero-order chi connectivity index (χ0) is 12.5. The Morgan fingerprint density at radius 2 is 1.80 bits per heavy atom. The molecule has 0 spiro atoms. The Bertz CT molecular complexity index is 161. The van der Waals surface area contributed by atoms with Crippen LogP contribution in [0.2, 0.25) is 0 Å². The predicted molar refractivity (Wildman–Crippen MR) is 64.9 cm³/mol. The maximum Gasteiger partial charge on any atom is 0.303 e. The fraction of sp³-hybridized carbons (Fsp3) is 0.917. The van der Waals surface area contributed by atoms with E-state index in [0.717, 1.165) is 6.42 Å². The molecule has 0 bridgehead atoms. The normalized spacial score (nSPS) is 12.7. The fourth-order valence-electron chi connectivity index (χ4n) is 1.02. The summed E-state index contributed by atoms with van der Waals surface area (Å²) in [5.41, 5.74) is 5.87. The fourth-order valence-corrected chi connectivity index (χ4v) is 1.02. The largest absolute Gasteiger partial charge is 0.481 e. The van der Waals surface area contributed by atoms with Gasteiger partial charge in [-0.1, -0.05) is 27.2 Å². The molecule has 3 heteroatoms. The van der Waals surface area contributed by atoms with Gasteiger partial charge in [0.1, 0.15) is 0 Å². The lowest BCUT2D eigenvalue weighted by Gasteiger charge is -2.26. The summed E-state index contributed by atoms with van der Waals surface area (Å²) in [5.74, 6) is -0.0694. The van der Waals surface area contributed by atoms with Gasteiger partial charge >= 0.3 is 5.97 Å². The average molecular weight is 217 g/mol. The van der Waals surface area contributed by atoms with Crippen molar-refractivity contribution in [2.45, 2.75) is 65.8 Å². The number of nitrogens with two attached hydrogens (primary N) is 1. The van der Waals surface area contributed by atoms with E-state index in [-0.39, 0.29) is 5.54 Å². The van der Waals surface area contributed by atoms with Crippen molar-refractivity contribution in [2.24, 2.45) is 11.7 Å². The minimum absolute atomic E-state index is 0.00993. The number of hydrogen-bond donors (Lipinski definition) is 2. The van der Waals surface area contributed by atoms with E-state index in [1.165, 1.54) is 12.8 Å². The topological polar surface area (TPSA) is 63.3 Å². The highest BCUT2D eigenvalue weighted by Gasteiger charge is 2.18. The van der Waals surface area contributed by atoms with Gasteiger partial charge in [-0.2, -0.15) is 0 Å². The Morgan fingerprint density at radius 3 is 1.87 bits per heavy atom. The molecule has 0 radical (unpaired) electrons. The third-order valence-corrected chi connectivity index (χ3v) is 2.46. The lowest BCUT2D eigenvalue weighted by molar-refractivity contribution is -0.137. The molecular weight excluding hydrogens is 190 g/mol. The lowest BCUT2D eigenvalue weighted by Crippen LogP contribution is -2.39. The molecule has 1 atom stereocenters. The summed E-state index contributed by atoms with van der Waals surface area (Å²) >= 11 is 0. The van der Waals surface area contributed by atoms with Gasteiger partial charge in [-0.3, -0.25) is 4.79 Å². The summed E-state index contributed by atoms with van der Waals surface area (Å²) in [6.07, 6.45) is 3.50. The molecule has 0 aromatic rings. The Kier molecular flexibility index (Phi) is 9.79. The van der Waals surface area contributed by atoms with E-state index in [0.29, 0.717) is 12.3 Å². The standard InChI is InChI=1S/C8H19N.C4H8O2/c1-5-6-7(2)8(3,4)9;1-2-3-4(5)6/h7H,5-6,9H2,1-4H3;2-3H2,1H3,(H,5,6). The van der Waals surface area contributed by atoms with Gasteiger partial charge in [0.05, 0.1) is 0 Å². The van der Waals surface area contributed by atoms with E-state index in [2.05, 4.69) is 27.7 Å². The van der Waals surface area contributed by atoms with Crippen LogP contribution in [-0.2, 0) is 4.79 Å². The van der Waals surface area contributed by atoms with E-state index in [4.69, 9.17) is 10.8 Å². The minimum Gasteiger partial charge on any atom is -0.481 e. The van der Waals surface area contributed by atoms with Gasteiger partial charge in [0, 0.05) is 12.0 Å². The van der Waals surface area contributed by atoms with Crippen molar-refractivity contribution in [3.8, 4) is 0 Å². The molecule has 0 saturated carbocycles. The molecule has 15 heavy (non-hydrogen) atoms. The SMILES string of the molecule is CCCC(=O)O.CCCC(C)C(C)(C)N. The summed E-state index contributed by atoms with van der Waals surface area (Å²) < 4.78 is 0. The van der Waals surface area contributed by atoms with Crippen LogP contribution in [0.25, 0.3) is 0 Å². The zero-order valence-electron chi connectivity index (χ0n) is 10.8. The molecule has 0 amide bonds. The first-order chi connectivity index (χ1) is 6.75. The zero-order valence-corrected chi connectivity index (χ0v) is 10.8. The number of rotatable bonds is 5. The molecule has 0 aliphatic carbocycles. The maximum absolute atomic E-state index is 9.60. The first-order valence-electron chi connectivity index (χ1n) is 5.76. The van der Waals surface area contributed by atoms with Gasteiger partial charge in [0.2, 0.25) is 0 Å². The van der Waals surface area contributed by atoms with Crippen LogP contribution in [-0.4, -0.2) is 16.6 Å². The third kappa shape index (κ3) is 13.4. The van der Waals surface area contributed by atoms with Crippen molar-refractivity contribution in [3.63, 3.8) is 0 Å². The Morgan fingerprint density at radius 1 is 1.33 bits per heavy atom. The first kappa shape index (κ1) is 16.8. The number of carbonyl (C=O) groups is 1. The molecular formula is C12H27NO2. The summed E-state index contributed by atoms with van der Waals surface area (Å²) in [6, 6.07) is 0.